The van der Waals surface area contributed by atoms with E-state index in [-0.39, 0.29) is 0 Å². The average molecular weight is 176 g/mol. The molecule has 0 spiro atoms. The van der Waals surface area contributed by atoms with Crippen LogP contribution in [0.4, 0.5) is 0 Å². The highest BCUT2D eigenvalue weighted by Gasteiger charge is 2.08. The lowest BCUT2D eigenvalue weighted by Gasteiger charge is -2.00. The smallest absolute Gasteiger partial charge is 0.423 e. The molecule has 2 N–H and O–H groups in total. The predicted molar refractivity (Wildman–Crippen MR) is 54.8 cm³/mol. The summed E-state index contributed by atoms with van der Waals surface area (Å²) in [5.74, 6) is 0. The van der Waals surface area contributed by atoms with Crippen molar-refractivity contribution in [2.24, 2.45) is 0 Å². The van der Waals surface area contributed by atoms with E-state index in [0.717, 1.165) is 6.42 Å². The molecule has 0 saturated carbocycles. The molecular weight excluding hydrogens is 163 g/mol. The lowest BCUT2D eigenvalue weighted by Crippen LogP contribution is -2.29. The molecule has 0 bridgehead atoms. The van der Waals surface area contributed by atoms with E-state index in [1.54, 1.807) is 12.1 Å². The van der Waals surface area contributed by atoms with Gasteiger partial charge >= 0.3 is 7.12 Å². The van der Waals surface area contributed by atoms with Crippen LogP contribution in [-0.2, 0) is 6.42 Å². The maximum absolute atomic E-state index is 8.83. The third kappa shape index (κ3) is 3.05. The summed E-state index contributed by atoms with van der Waals surface area (Å²) in [5.41, 5.74) is 1.70. The van der Waals surface area contributed by atoms with Crippen molar-refractivity contribution in [2.75, 3.05) is 0 Å². The fourth-order valence-electron chi connectivity index (χ4n) is 1.08. The first-order valence-electron chi connectivity index (χ1n) is 4.30. The van der Waals surface area contributed by atoms with Gasteiger partial charge in [-0.3, -0.25) is 0 Å². The molecule has 68 valence electrons. The minimum atomic E-state index is -1.37. The van der Waals surface area contributed by atoms with Crippen molar-refractivity contribution in [2.45, 2.75) is 13.3 Å². The zero-order chi connectivity index (χ0) is 9.68. The minimum Gasteiger partial charge on any atom is -0.423 e. The van der Waals surface area contributed by atoms with E-state index >= 15 is 0 Å². The topological polar surface area (TPSA) is 40.5 Å². The molecule has 1 aromatic rings. The summed E-state index contributed by atoms with van der Waals surface area (Å²) < 4.78 is 0. The molecule has 0 aromatic heterocycles. The molecule has 0 unspecified atom stereocenters. The van der Waals surface area contributed by atoms with Crippen molar-refractivity contribution in [1.29, 1.82) is 0 Å². The fraction of sp³-hybridized carbons (Fsp3) is 0.200. The number of allylic oxidation sites excluding steroid dienone is 2. The number of hydrogen-bond donors (Lipinski definition) is 2. The maximum atomic E-state index is 8.83. The van der Waals surface area contributed by atoms with Crippen LogP contribution >= 0.6 is 0 Å². The fourth-order valence-corrected chi connectivity index (χ4v) is 1.08. The Labute approximate surface area is 78.7 Å². The van der Waals surface area contributed by atoms with E-state index in [2.05, 4.69) is 6.08 Å². The first-order valence-corrected chi connectivity index (χ1v) is 4.30. The second-order valence-electron chi connectivity index (χ2n) is 2.89. The molecule has 0 radical (unpaired) electrons. The molecule has 0 amide bonds. The van der Waals surface area contributed by atoms with Crippen LogP contribution in [0.2, 0.25) is 0 Å². The molecule has 3 heteroatoms. The van der Waals surface area contributed by atoms with E-state index in [1.807, 2.05) is 25.1 Å². The Balaban J connectivity index is 2.69. The Morgan fingerprint density at radius 2 is 1.85 bits per heavy atom. The van der Waals surface area contributed by atoms with Gasteiger partial charge in [-0.25, -0.2) is 0 Å². The first kappa shape index (κ1) is 10.0. The molecule has 0 aliphatic carbocycles. The Morgan fingerprint density at radius 1 is 1.23 bits per heavy atom. The molecule has 0 saturated heterocycles. The second-order valence-corrected chi connectivity index (χ2v) is 2.89. The summed E-state index contributed by atoms with van der Waals surface area (Å²) in [6, 6.07) is 7.25. The van der Waals surface area contributed by atoms with Crippen molar-refractivity contribution in [3.8, 4) is 0 Å². The van der Waals surface area contributed by atoms with Crippen LogP contribution < -0.4 is 5.46 Å². The second kappa shape index (κ2) is 4.85. The van der Waals surface area contributed by atoms with Crippen LogP contribution in [0.1, 0.15) is 12.5 Å². The summed E-state index contributed by atoms with van der Waals surface area (Å²) in [5, 5.41) is 17.7. The lowest BCUT2D eigenvalue weighted by molar-refractivity contribution is 0.426. The van der Waals surface area contributed by atoms with E-state index in [4.69, 9.17) is 10.0 Å². The molecule has 0 aliphatic heterocycles. The van der Waals surface area contributed by atoms with Crippen molar-refractivity contribution < 1.29 is 10.0 Å². The molecule has 0 aliphatic rings. The zero-order valence-corrected chi connectivity index (χ0v) is 7.64. The highest BCUT2D eigenvalue weighted by molar-refractivity contribution is 6.58. The number of rotatable bonds is 3. The van der Waals surface area contributed by atoms with Gasteiger partial charge in [0.05, 0.1) is 0 Å². The molecule has 2 nitrogen and oxygen atoms in total. The number of benzene rings is 1. The quantitative estimate of drug-likeness (QED) is 0.519. The van der Waals surface area contributed by atoms with Gasteiger partial charge in [-0.1, -0.05) is 36.4 Å². The Kier molecular flexibility index (Phi) is 3.74. The van der Waals surface area contributed by atoms with Crippen molar-refractivity contribution in [3.05, 3.63) is 42.0 Å². The zero-order valence-electron chi connectivity index (χ0n) is 7.64. The largest absolute Gasteiger partial charge is 0.488 e. The van der Waals surface area contributed by atoms with Crippen molar-refractivity contribution in [3.63, 3.8) is 0 Å². The third-order valence-corrected chi connectivity index (χ3v) is 1.87. The SMILES string of the molecule is CC=CCc1ccc(B(O)O)cc1. The van der Waals surface area contributed by atoms with Gasteiger partial charge in [-0.2, -0.15) is 0 Å². The van der Waals surface area contributed by atoms with Gasteiger partial charge in [0.2, 0.25) is 0 Å². The molecule has 1 rings (SSSR count). The van der Waals surface area contributed by atoms with Gasteiger partial charge in [0, 0.05) is 0 Å². The van der Waals surface area contributed by atoms with Crippen LogP contribution in [0.15, 0.2) is 36.4 Å². The van der Waals surface area contributed by atoms with Crippen LogP contribution in [0.5, 0.6) is 0 Å². The summed E-state index contributed by atoms with van der Waals surface area (Å²) in [7, 11) is -1.37. The van der Waals surface area contributed by atoms with Gasteiger partial charge in [-0.15, -0.1) is 0 Å². The van der Waals surface area contributed by atoms with Gasteiger partial charge in [-0.05, 0) is 24.4 Å². The first-order chi connectivity index (χ1) is 6.24. The monoisotopic (exact) mass is 176 g/mol. The van der Waals surface area contributed by atoms with Crippen LogP contribution in [-0.4, -0.2) is 17.2 Å². The van der Waals surface area contributed by atoms with E-state index in [1.165, 1.54) is 5.56 Å². The van der Waals surface area contributed by atoms with Gasteiger partial charge in [0.25, 0.3) is 0 Å². The van der Waals surface area contributed by atoms with E-state index in [9.17, 15) is 0 Å². The van der Waals surface area contributed by atoms with Crippen molar-refractivity contribution >= 4 is 12.6 Å². The summed E-state index contributed by atoms with van der Waals surface area (Å²) >= 11 is 0. The highest BCUT2D eigenvalue weighted by atomic mass is 16.4. The Bertz CT molecular complexity index is 277. The van der Waals surface area contributed by atoms with Crippen molar-refractivity contribution in [1.82, 2.24) is 0 Å². The summed E-state index contributed by atoms with van der Waals surface area (Å²) in [4.78, 5) is 0. The van der Waals surface area contributed by atoms with Crippen LogP contribution in [0.3, 0.4) is 0 Å². The Morgan fingerprint density at radius 3 is 2.31 bits per heavy atom. The lowest BCUT2D eigenvalue weighted by atomic mass is 9.80. The normalized spacial score (nSPS) is 10.7. The number of hydrogen-bond acceptors (Lipinski definition) is 2. The van der Waals surface area contributed by atoms with E-state index < -0.39 is 7.12 Å². The van der Waals surface area contributed by atoms with Crippen LogP contribution in [0.25, 0.3) is 0 Å². The van der Waals surface area contributed by atoms with Gasteiger partial charge < -0.3 is 10.0 Å². The molecule has 0 atom stereocenters. The van der Waals surface area contributed by atoms with E-state index in [0.29, 0.717) is 5.46 Å². The maximum Gasteiger partial charge on any atom is 0.488 e. The average Bonchev–Trinajstić information content (AvgIpc) is 2.15. The standard InChI is InChI=1S/C10H13BO2/c1-2-3-4-9-5-7-10(8-6-9)11(12)13/h2-3,5-8,12-13H,4H2,1H3. The van der Waals surface area contributed by atoms with Gasteiger partial charge in [0.15, 0.2) is 0 Å². The summed E-state index contributed by atoms with van der Waals surface area (Å²) in [6.07, 6.45) is 4.94. The highest BCUT2D eigenvalue weighted by Crippen LogP contribution is 1.99. The molecular formula is C10H13BO2. The van der Waals surface area contributed by atoms with Gasteiger partial charge in [0.1, 0.15) is 0 Å². The molecule has 1 aromatic carbocycles. The third-order valence-electron chi connectivity index (χ3n) is 1.87. The van der Waals surface area contributed by atoms with Crippen LogP contribution in [0, 0.1) is 0 Å². The molecule has 13 heavy (non-hydrogen) atoms. The minimum absolute atomic E-state index is 0.532. The summed E-state index contributed by atoms with van der Waals surface area (Å²) in [6.45, 7) is 1.98. The predicted octanol–water partition coefficient (Wildman–Crippen LogP) is 0.485. The molecule has 0 fully saturated rings. The Hall–Kier alpha value is -1.06. The molecule has 0 heterocycles.